The Labute approximate surface area is 140 Å². The minimum Gasteiger partial charge on any atom is -0.493 e. The van der Waals surface area contributed by atoms with Crippen molar-refractivity contribution in [3.63, 3.8) is 0 Å². The van der Waals surface area contributed by atoms with Gasteiger partial charge in [-0.2, -0.15) is 0 Å². The summed E-state index contributed by atoms with van der Waals surface area (Å²) < 4.78 is 10.4. The van der Waals surface area contributed by atoms with Crippen LogP contribution >= 0.6 is 0 Å². The summed E-state index contributed by atoms with van der Waals surface area (Å²) in [4.78, 5) is 27.4. The minimum absolute atomic E-state index is 0.323. The Kier molecular flexibility index (Phi) is 6.13. The molecule has 0 atom stereocenters. The molecule has 0 bridgehead atoms. The van der Waals surface area contributed by atoms with Gasteiger partial charge in [-0.1, -0.05) is 12.1 Å². The highest BCUT2D eigenvalue weighted by Crippen LogP contribution is 2.27. The molecule has 2 N–H and O–H groups in total. The van der Waals surface area contributed by atoms with Gasteiger partial charge in [-0.15, -0.1) is 0 Å². The van der Waals surface area contributed by atoms with Gasteiger partial charge in [-0.05, 0) is 36.2 Å². The summed E-state index contributed by atoms with van der Waals surface area (Å²) in [6, 6.07) is 10.6. The number of rotatable bonds is 6. The normalized spacial score (nSPS) is 9.92. The molecule has 1 heterocycles. The maximum absolute atomic E-state index is 11.8. The minimum atomic E-state index is -0.749. The van der Waals surface area contributed by atoms with Crippen molar-refractivity contribution in [2.75, 3.05) is 26.1 Å². The van der Waals surface area contributed by atoms with E-state index in [4.69, 9.17) is 9.47 Å². The van der Waals surface area contributed by atoms with Crippen LogP contribution in [0.5, 0.6) is 11.5 Å². The number of benzene rings is 1. The average Bonchev–Trinajstić information content (AvgIpc) is 2.62. The summed E-state index contributed by atoms with van der Waals surface area (Å²) in [6.07, 6.45) is 2.09. The molecule has 0 fully saturated rings. The zero-order valence-corrected chi connectivity index (χ0v) is 13.5. The first-order chi connectivity index (χ1) is 11.6. The van der Waals surface area contributed by atoms with Gasteiger partial charge in [0.2, 0.25) is 0 Å². The fourth-order valence-corrected chi connectivity index (χ4v) is 2.05. The number of aromatic nitrogens is 1. The molecule has 7 heteroatoms. The lowest BCUT2D eigenvalue weighted by Gasteiger charge is -2.10. The first-order valence-corrected chi connectivity index (χ1v) is 7.35. The summed E-state index contributed by atoms with van der Waals surface area (Å²) in [7, 11) is 3.13. The van der Waals surface area contributed by atoms with Crippen LogP contribution in [0.2, 0.25) is 0 Å². The van der Waals surface area contributed by atoms with E-state index < -0.39 is 11.8 Å². The number of methoxy groups -OCH3 is 2. The second kappa shape index (κ2) is 8.52. The molecule has 0 radical (unpaired) electrons. The SMILES string of the molecule is COc1ccc(CCNC(=O)C(=O)Nc2ccccn2)cc1OC. The van der Waals surface area contributed by atoms with Crippen molar-refractivity contribution >= 4 is 17.6 Å². The Morgan fingerprint density at radius 2 is 1.83 bits per heavy atom. The van der Waals surface area contributed by atoms with Crippen molar-refractivity contribution in [2.24, 2.45) is 0 Å². The Morgan fingerprint density at radius 1 is 1.04 bits per heavy atom. The number of carbonyl (C=O) groups is 2. The smallest absolute Gasteiger partial charge is 0.314 e. The van der Waals surface area contributed by atoms with E-state index in [0.29, 0.717) is 30.3 Å². The van der Waals surface area contributed by atoms with Gasteiger partial charge in [-0.3, -0.25) is 9.59 Å². The molecular formula is C17H19N3O4. The number of nitrogens with one attached hydrogen (secondary N) is 2. The molecule has 126 valence electrons. The van der Waals surface area contributed by atoms with Gasteiger partial charge in [0.05, 0.1) is 14.2 Å². The predicted molar refractivity (Wildman–Crippen MR) is 89.1 cm³/mol. The van der Waals surface area contributed by atoms with E-state index in [1.54, 1.807) is 38.5 Å². The van der Waals surface area contributed by atoms with Crippen molar-refractivity contribution in [3.05, 3.63) is 48.2 Å². The molecule has 0 unspecified atom stereocenters. The van der Waals surface area contributed by atoms with Crippen LogP contribution in [0.15, 0.2) is 42.6 Å². The van der Waals surface area contributed by atoms with Crippen molar-refractivity contribution < 1.29 is 19.1 Å². The molecule has 2 amide bonds. The predicted octanol–water partition coefficient (Wildman–Crippen LogP) is 1.40. The number of hydrogen-bond donors (Lipinski definition) is 2. The van der Waals surface area contributed by atoms with Gasteiger partial charge >= 0.3 is 11.8 Å². The second-order valence-corrected chi connectivity index (χ2v) is 4.86. The molecule has 1 aromatic heterocycles. The van der Waals surface area contributed by atoms with Crippen LogP contribution < -0.4 is 20.1 Å². The van der Waals surface area contributed by atoms with Gasteiger partial charge in [0, 0.05) is 12.7 Å². The van der Waals surface area contributed by atoms with E-state index >= 15 is 0 Å². The molecule has 0 aliphatic heterocycles. The first-order valence-electron chi connectivity index (χ1n) is 7.35. The zero-order valence-electron chi connectivity index (χ0n) is 13.5. The van der Waals surface area contributed by atoms with Crippen molar-refractivity contribution in [1.82, 2.24) is 10.3 Å². The highest BCUT2D eigenvalue weighted by Gasteiger charge is 2.13. The summed E-state index contributed by atoms with van der Waals surface area (Å²) >= 11 is 0. The third-order valence-corrected chi connectivity index (χ3v) is 3.26. The van der Waals surface area contributed by atoms with Crippen LogP contribution in [0.1, 0.15) is 5.56 Å². The van der Waals surface area contributed by atoms with Gasteiger partial charge in [0.15, 0.2) is 11.5 Å². The Hall–Kier alpha value is -3.09. The van der Waals surface area contributed by atoms with Crippen LogP contribution in [0.25, 0.3) is 0 Å². The summed E-state index contributed by atoms with van der Waals surface area (Å²) in [5.74, 6) is 0.133. The van der Waals surface area contributed by atoms with Gasteiger partial charge in [0.1, 0.15) is 5.82 Å². The lowest BCUT2D eigenvalue weighted by Crippen LogP contribution is -2.36. The molecule has 0 saturated heterocycles. The maximum Gasteiger partial charge on any atom is 0.314 e. The van der Waals surface area contributed by atoms with E-state index in [9.17, 15) is 9.59 Å². The topological polar surface area (TPSA) is 89.5 Å². The molecule has 0 saturated carbocycles. The van der Waals surface area contributed by atoms with E-state index in [1.165, 1.54) is 6.20 Å². The van der Waals surface area contributed by atoms with Crippen LogP contribution in [0, 0.1) is 0 Å². The van der Waals surface area contributed by atoms with Crippen molar-refractivity contribution in [2.45, 2.75) is 6.42 Å². The Bertz CT molecular complexity index is 704. The average molecular weight is 329 g/mol. The zero-order chi connectivity index (χ0) is 17.4. The number of anilines is 1. The lowest BCUT2D eigenvalue weighted by molar-refractivity contribution is -0.136. The van der Waals surface area contributed by atoms with E-state index in [0.717, 1.165) is 5.56 Å². The number of amides is 2. The first kappa shape index (κ1) is 17.3. The Balaban J connectivity index is 1.83. The number of nitrogens with zero attached hydrogens (tertiary/aromatic N) is 1. The van der Waals surface area contributed by atoms with Crippen LogP contribution in [0.3, 0.4) is 0 Å². The second-order valence-electron chi connectivity index (χ2n) is 4.86. The third kappa shape index (κ3) is 4.70. The number of carbonyl (C=O) groups excluding carboxylic acids is 2. The van der Waals surface area contributed by atoms with Crippen LogP contribution in [-0.4, -0.2) is 37.6 Å². The van der Waals surface area contributed by atoms with E-state index in [1.807, 2.05) is 12.1 Å². The fourth-order valence-electron chi connectivity index (χ4n) is 2.05. The number of ether oxygens (including phenoxy) is 2. The molecule has 2 aromatic rings. The molecular weight excluding hydrogens is 310 g/mol. The number of hydrogen-bond acceptors (Lipinski definition) is 5. The maximum atomic E-state index is 11.8. The van der Waals surface area contributed by atoms with Crippen LogP contribution in [-0.2, 0) is 16.0 Å². The van der Waals surface area contributed by atoms with E-state index in [-0.39, 0.29) is 0 Å². The molecule has 0 aliphatic carbocycles. The summed E-state index contributed by atoms with van der Waals surface area (Å²) in [5.41, 5.74) is 0.957. The standard InChI is InChI=1S/C17H19N3O4/c1-23-13-7-6-12(11-14(13)24-2)8-10-19-16(21)17(22)20-15-5-3-4-9-18-15/h3-7,9,11H,8,10H2,1-2H3,(H,19,21)(H,18,20,22). The molecule has 0 aliphatic rings. The lowest BCUT2D eigenvalue weighted by atomic mass is 10.1. The molecule has 1 aromatic carbocycles. The monoisotopic (exact) mass is 329 g/mol. The quantitative estimate of drug-likeness (QED) is 0.782. The largest absolute Gasteiger partial charge is 0.493 e. The van der Waals surface area contributed by atoms with Gasteiger partial charge < -0.3 is 20.1 Å². The molecule has 0 spiro atoms. The number of pyridine rings is 1. The van der Waals surface area contributed by atoms with Gasteiger partial charge in [0.25, 0.3) is 0 Å². The highest BCUT2D eigenvalue weighted by atomic mass is 16.5. The van der Waals surface area contributed by atoms with Crippen LogP contribution in [0.4, 0.5) is 5.82 Å². The fraction of sp³-hybridized carbons (Fsp3) is 0.235. The van der Waals surface area contributed by atoms with Crippen molar-refractivity contribution in [1.29, 1.82) is 0 Å². The summed E-state index contributed by atoms with van der Waals surface area (Å²) in [5, 5.41) is 4.99. The third-order valence-electron chi connectivity index (χ3n) is 3.26. The van der Waals surface area contributed by atoms with Crippen molar-refractivity contribution in [3.8, 4) is 11.5 Å². The molecule has 7 nitrogen and oxygen atoms in total. The molecule has 24 heavy (non-hydrogen) atoms. The Morgan fingerprint density at radius 3 is 2.50 bits per heavy atom. The van der Waals surface area contributed by atoms with E-state index in [2.05, 4.69) is 15.6 Å². The summed E-state index contributed by atoms with van der Waals surface area (Å²) in [6.45, 7) is 0.323. The highest BCUT2D eigenvalue weighted by molar-refractivity contribution is 6.39. The molecule has 2 rings (SSSR count). The van der Waals surface area contributed by atoms with Gasteiger partial charge in [-0.25, -0.2) is 4.98 Å².